The molecule has 1 aliphatic heterocycles. The van der Waals surface area contributed by atoms with Gasteiger partial charge in [0.2, 0.25) is 0 Å². The number of furan rings is 1. The molecule has 2 N–H and O–H groups in total. The van der Waals surface area contributed by atoms with E-state index in [2.05, 4.69) is 10.2 Å². The van der Waals surface area contributed by atoms with Crippen LogP contribution in [-0.2, 0) is 17.9 Å². The zero-order valence-electron chi connectivity index (χ0n) is 10.7. The summed E-state index contributed by atoms with van der Waals surface area (Å²) in [5.41, 5.74) is 0. The van der Waals surface area contributed by atoms with Gasteiger partial charge < -0.3 is 19.6 Å². The summed E-state index contributed by atoms with van der Waals surface area (Å²) >= 11 is 0. The van der Waals surface area contributed by atoms with Crippen molar-refractivity contribution in [2.24, 2.45) is 0 Å². The summed E-state index contributed by atoms with van der Waals surface area (Å²) in [5, 5.41) is 12.2. The third kappa shape index (κ3) is 4.42. The molecule has 18 heavy (non-hydrogen) atoms. The molecule has 0 aliphatic carbocycles. The molecule has 0 atom stereocenters. The smallest absolute Gasteiger partial charge is 0.129 e. The standard InChI is InChI=1S/C13H22N2O3/c16-11-13-3-2-12(18-13)10-14-4-1-5-15-6-8-17-9-7-15/h2-3,14,16H,1,4-11H2. The molecule has 1 fully saturated rings. The van der Waals surface area contributed by atoms with Crippen molar-refractivity contribution < 1.29 is 14.3 Å². The van der Waals surface area contributed by atoms with E-state index in [9.17, 15) is 0 Å². The van der Waals surface area contributed by atoms with Gasteiger partial charge in [0.05, 0.1) is 19.8 Å². The van der Waals surface area contributed by atoms with Crippen LogP contribution in [0.5, 0.6) is 0 Å². The Kier molecular flexibility index (Phi) is 5.67. The first kappa shape index (κ1) is 13.5. The Morgan fingerprint density at radius 3 is 2.72 bits per heavy atom. The number of aliphatic hydroxyl groups is 1. The predicted molar refractivity (Wildman–Crippen MR) is 68.2 cm³/mol. The largest absolute Gasteiger partial charge is 0.462 e. The lowest BCUT2D eigenvalue weighted by Gasteiger charge is -2.26. The first-order valence-electron chi connectivity index (χ1n) is 6.58. The van der Waals surface area contributed by atoms with E-state index in [1.807, 2.05) is 12.1 Å². The first-order valence-corrected chi connectivity index (χ1v) is 6.58. The van der Waals surface area contributed by atoms with Crippen molar-refractivity contribution in [1.29, 1.82) is 0 Å². The number of nitrogens with one attached hydrogen (secondary N) is 1. The zero-order valence-corrected chi connectivity index (χ0v) is 10.7. The number of rotatable bonds is 7. The summed E-state index contributed by atoms with van der Waals surface area (Å²) in [4.78, 5) is 2.43. The molecule has 0 radical (unpaired) electrons. The van der Waals surface area contributed by atoms with Gasteiger partial charge in [0.1, 0.15) is 18.1 Å². The third-order valence-electron chi connectivity index (χ3n) is 3.10. The second kappa shape index (κ2) is 7.53. The Morgan fingerprint density at radius 1 is 1.22 bits per heavy atom. The Morgan fingerprint density at radius 2 is 2.00 bits per heavy atom. The number of nitrogens with zero attached hydrogens (tertiary/aromatic N) is 1. The molecule has 1 saturated heterocycles. The summed E-state index contributed by atoms with van der Waals surface area (Å²) in [7, 11) is 0. The fourth-order valence-corrected chi connectivity index (χ4v) is 2.07. The van der Waals surface area contributed by atoms with Crippen LogP contribution >= 0.6 is 0 Å². The molecule has 1 aliphatic rings. The number of hydrogen-bond donors (Lipinski definition) is 2. The lowest BCUT2D eigenvalue weighted by molar-refractivity contribution is 0.0374. The molecule has 1 aromatic heterocycles. The van der Waals surface area contributed by atoms with E-state index in [1.165, 1.54) is 0 Å². The van der Waals surface area contributed by atoms with Gasteiger partial charge >= 0.3 is 0 Å². The van der Waals surface area contributed by atoms with Gasteiger partial charge in [-0.1, -0.05) is 0 Å². The van der Waals surface area contributed by atoms with Crippen molar-refractivity contribution in [2.45, 2.75) is 19.6 Å². The minimum Gasteiger partial charge on any atom is -0.462 e. The Hall–Kier alpha value is -0.880. The zero-order chi connectivity index (χ0) is 12.6. The molecule has 5 nitrogen and oxygen atoms in total. The summed E-state index contributed by atoms with van der Waals surface area (Å²) in [6.07, 6.45) is 1.13. The molecule has 0 aromatic carbocycles. The maximum atomic E-state index is 8.87. The average Bonchev–Trinajstić information content (AvgIpc) is 2.87. The van der Waals surface area contributed by atoms with Crippen LogP contribution in [0.2, 0.25) is 0 Å². The normalized spacial score (nSPS) is 17.2. The molecule has 1 aromatic rings. The number of ether oxygens (including phenoxy) is 1. The summed E-state index contributed by atoms with van der Waals surface area (Å²) < 4.78 is 10.7. The lowest BCUT2D eigenvalue weighted by atomic mass is 10.3. The van der Waals surface area contributed by atoms with Crippen LogP contribution in [0.3, 0.4) is 0 Å². The molecule has 0 amide bonds. The first-order chi connectivity index (χ1) is 8.88. The molecular formula is C13H22N2O3. The van der Waals surface area contributed by atoms with Gasteiger partial charge in [-0.3, -0.25) is 4.90 Å². The van der Waals surface area contributed by atoms with E-state index < -0.39 is 0 Å². The van der Waals surface area contributed by atoms with Crippen LogP contribution in [-0.4, -0.2) is 49.4 Å². The van der Waals surface area contributed by atoms with E-state index in [0.29, 0.717) is 5.76 Å². The molecule has 2 heterocycles. The van der Waals surface area contributed by atoms with Crippen molar-refractivity contribution in [2.75, 3.05) is 39.4 Å². The number of morpholine rings is 1. The van der Waals surface area contributed by atoms with Gasteiger partial charge in [-0.15, -0.1) is 0 Å². The molecular weight excluding hydrogens is 232 g/mol. The molecule has 0 unspecified atom stereocenters. The van der Waals surface area contributed by atoms with Crippen LogP contribution in [0.15, 0.2) is 16.5 Å². The van der Waals surface area contributed by atoms with Crippen LogP contribution in [0.1, 0.15) is 17.9 Å². The second-order valence-electron chi connectivity index (χ2n) is 4.51. The quantitative estimate of drug-likeness (QED) is 0.697. The predicted octanol–water partition coefficient (Wildman–Crippen LogP) is 0.584. The topological polar surface area (TPSA) is 57.9 Å². The van der Waals surface area contributed by atoms with Gasteiger partial charge in [0.15, 0.2) is 0 Å². The number of aliphatic hydroxyl groups excluding tert-OH is 1. The molecule has 5 heteroatoms. The van der Waals surface area contributed by atoms with Gasteiger partial charge in [-0.2, -0.15) is 0 Å². The summed E-state index contributed by atoms with van der Waals surface area (Å²) in [6.45, 7) is 6.63. The average molecular weight is 254 g/mol. The molecule has 102 valence electrons. The van der Waals surface area contributed by atoms with E-state index in [4.69, 9.17) is 14.3 Å². The van der Waals surface area contributed by atoms with Crippen molar-refractivity contribution in [3.8, 4) is 0 Å². The van der Waals surface area contributed by atoms with E-state index in [1.54, 1.807) is 0 Å². The van der Waals surface area contributed by atoms with E-state index in [0.717, 1.165) is 58.1 Å². The highest BCUT2D eigenvalue weighted by Crippen LogP contribution is 2.07. The Labute approximate surface area is 108 Å². The highest BCUT2D eigenvalue weighted by molar-refractivity contribution is 5.05. The number of hydrogen-bond acceptors (Lipinski definition) is 5. The van der Waals surface area contributed by atoms with E-state index in [-0.39, 0.29) is 6.61 Å². The second-order valence-corrected chi connectivity index (χ2v) is 4.51. The monoisotopic (exact) mass is 254 g/mol. The Bertz CT molecular complexity index is 335. The minimum atomic E-state index is -0.0307. The van der Waals surface area contributed by atoms with E-state index >= 15 is 0 Å². The van der Waals surface area contributed by atoms with Gasteiger partial charge in [-0.05, 0) is 31.6 Å². The highest BCUT2D eigenvalue weighted by Gasteiger charge is 2.09. The van der Waals surface area contributed by atoms with Crippen LogP contribution < -0.4 is 5.32 Å². The molecule has 0 spiro atoms. The SMILES string of the molecule is OCc1ccc(CNCCCN2CCOCC2)o1. The van der Waals surface area contributed by atoms with Gasteiger partial charge in [0.25, 0.3) is 0 Å². The molecule has 0 bridgehead atoms. The molecule has 2 rings (SSSR count). The van der Waals surface area contributed by atoms with Gasteiger partial charge in [-0.25, -0.2) is 0 Å². The van der Waals surface area contributed by atoms with Crippen molar-refractivity contribution >= 4 is 0 Å². The van der Waals surface area contributed by atoms with Crippen LogP contribution in [0.4, 0.5) is 0 Å². The van der Waals surface area contributed by atoms with Crippen molar-refractivity contribution in [3.63, 3.8) is 0 Å². The van der Waals surface area contributed by atoms with Crippen LogP contribution in [0, 0.1) is 0 Å². The summed E-state index contributed by atoms with van der Waals surface area (Å²) in [5.74, 6) is 1.51. The Balaban J connectivity index is 1.52. The van der Waals surface area contributed by atoms with Crippen molar-refractivity contribution in [1.82, 2.24) is 10.2 Å². The highest BCUT2D eigenvalue weighted by atomic mass is 16.5. The minimum absolute atomic E-state index is 0.0307. The third-order valence-corrected chi connectivity index (χ3v) is 3.10. The lowest BCUT2D eigenvalue weighted by Crippen LogP contribution is -2.37. The van der Waals surface area contributed by atoms with Crippen LogP contribution in [0.25, 0.3) is 0 Å². The summed E-state index contributed by atoms with van der Waals surface area (Å²) in [6, 6.07) is 3.71. The van der Waals surface area contributed by atoms with Gasteiger partial charge in [0, 0.05) is 13.1 Å². The fraction of sp³-hybridized carbons (Fsp3) is 0.692. The maximum absolute atomic E-state index is 8.87. The molecule has 0 saturated carbocycles. The maximum Gasteiger partial charge on any atom is 0.129 e. The van der Waals surface area contributed by atoms with Crippen molar-refractivity contribution in [3.05, 3.63) is 23.7 Å². The fourth-order valence-electron chi connectivity index (χ4n) is 2.07.